The number of ether oxygens (including phenoxy) is 1. The molecule has 22 heavy (non-hydrogen) atoms. The van der Waals surface area contributed by atoms with Crippen LogP contribution in [0, 0.1) is 17.2 Å². The first-order valence-corrected chi connectivity index (χ1v) is 7.36. The molecule has 2 rings (SSSR count). The molecule has 6 nitrogen and oxygen atoms in total. The Morgan fingerprint density at radius 1 is 1.32 bits per heavy atom. The number of nitrogens with zero attached hydrogens (tertiary/aromatic N) is 2. The minimum Gasteiger partial charge on any atom is -0.450 e. The zero-order chi connectivity index (χ0) is 15.9. The molecule has 0 atom stereocenters. The lowest BCUT2D eigenvalue weighted by Gasteiger charge is -2.30. The molecule has 1 aromatic rings. The van der Waals surface area contributed by atoms with E-state index in [4.69, 9.17) is 10.00 Å². The summed E-state index contributed by atoms with van der Waals surface area (Å²) in [6.45, 7) is 3.20. The smallest absolute Gasteiger partial charge is 0.409 e. The van der Waals surface area contributed by atoms with Gasteiger partial charge in [0.15, 0.2) is 0 Å². The molecule has 6 heteroatoms. The summed E-state index contributed by atoms with van der Waals surface area (Å²) in [5.41, 5.74) is 1.23. The molecule has 1 heterocycles. The van der Waals surface area contributed by atoms with Gasteiger partial charge < -0.3 is 15.0 Å². The summed E-state index contributed by atoms with van der Waals surface area (Å²) in [6, 6.07) is 8.79. The van der Waals surface area contributed by atoms with E-state index >= 15 is 0 Å². The van der Waals surface area contributed by atoms with Gasteiger partial charge in [0.25, 0.3) is 0 Å². The highest BCUT2D eigenvalue weighted by Gasteiger charge is 2.27. The van der Waals surface area contributed by atoms with E-state index < -0.39 is 0 Å². The summed E-state index contributed by atoms with van der Waals surface area (Å²) >= 11 is 0. The van der Waals surface area contributed by atoms with Crippen molar-refractivity contribution in [1.82, 2.24) is 4.90 Å². The van der Waals surface area contributed by atoms with Crippen molar-refractivity contribution in [3.63, 3.8) is 0 Å². The molecule has 1 N–H and O–H groups in total. The fraction of sp³-hybridized carbons (Fsp3) is 0.438. The van der Waals surface area contributed by atoms with Crippen molar-refractivity contribution in [3.8, 4) is 6.07 Å². The Morgan fingerprint density at radius 3 is 2.50 bits per heavy atom. The van der Waals surface area contributed by atoms with Crippen LogP contribution in [0.25, 0.3) is 0 Å². The first kappa shape index (κ1) is 15.8. The molecule has 1 saturated heterocycles. The van der Waals surface area contributed by atoms with Gasteiger partial charge in [-0.2, -0.15) is 5.26 Å². The zero-order valence-corrected chi connectivity index (χ0v) is 12.5. The molecular formula is C16H19N3O3. The van der Waals surface area contributed by atoms with Gasteiger partial charge in [0.1, 0.15) is 0 Å². The van der Waals surface area contributed by atoms with Gasteiger partial charge in [-0.25, -0.2) is 4.79 Å². The molecular weight excluding hydrogens is 282 g/mol. The maximum atomic E-state index is 12.2. The number of carbonyl (C=O) groups is 2. The van der Waals surface area contributed by atoms with E-state index in [1.165, 1.54) is 0 Å². The summed E-state index contributed by atoms with van der Waals surface area (Å²) < 4.78 is 4.95. The summed E-state index contributed by atoms with van der Waals surface area (Å²) in [5.74, 6) is -0.158. The predicted molar refractivity (Wildman–Crippen MR) is 81.1 cm³/mol. The van der Waals surface area contributed by atoms with Crippen LogP contribution in [0.1, 0.15) is 25.3 Å². The number of hydrogen-bond donors (Lipinski definition) is 1. The summed E-state index contributed by atoms with van der Waals surface area (Å²) in [7, 11) is 0. The van der Waals surface area contributed by atoms with Gasteiger partial charge in [-0.3, -0.25) is 4.79 Å². The third kappa shape index (κ3) is 3.98. The van der Waals surface area contributed by atoms with E-state index in [9.17, 15) is 9.59 Å². The van der Waals surface area contributed by atoms with Crippen molar-refractivity contribution in [2.24, 2.45) is 5.92 Å². The number of nitriles is 1. The van der Waals surface area contributed by atoms with E-state index in [0.717, 1.165) is 0 Å². The van der Waals surface area contributed by atoms with Crippen molar-refractivity contribution in [2.75, 3.05) is 25.0 Å². The third-order valence-corrected chi connectivity index (χ3v) is 3.67. The van der Waals surface area contributed by atoms with E-state index in [0.29, 0.717) is 43.8 Å². The van der Waals surface area contributed by atoms with Crippen LogP contribution >= 0.6 is 0 Å². The minimum absolute atomic E-state index is 0.0479. The average Bonchev–Trinajstić information content (AvgIpc) is 2.56. The van der Waals surface area contributed by atoms with E-state index in [-0.39, 0.29) is 17.9 Å². The largest absolute Gasteiger partial charge is 0.450 e. The van der Waals surface area contributed by atoms with Gasteiger partial charge in [-0.05, 0) is 44.0 Å². The normalized spacial score (nSPS) is 15.0. The number of nitrogens with one attached hydrogen (secondary N) is 1. The van der Waals surface area contributed by atoms with E-state index in [2.05, 4.69) is 5.32 Å². The van der Waals surface area contributed by atoms with Gasteiger partial charge in [-0.15, -0.1) is 0 Å². The van der Waals surface area contributed by atoms with Crippen LogP contribution in [0.3, 0.4) is 0 Å². The molecule has 0 radical (unpaired) electrons. The van der Waals surface area contributed by atoms with Gasteiger partial charge in [0.05, 0.1) is 18.2 Å². The number of amides is 2. The maximum absolute atomic E-state index is 12.2. The second-order valence-corrected chi connectivity index (χ2v) is 5.14. The van der Waals surface area contributed by atoms with Crippen LogP contribution in [0.15, 0.2) is 24.3 Å². The number of piperidine rings is 1. The highest BCUT2D eigenvalue weighted by Crippen LogP contribution is 2.20. The predicted octanol–water partition coefficient (Wildman–Crippen LogP) is 2.37. The van der Waals surface area contributed by atoms with E-state index in [1.807, 2.05) is 6.07 Å². The van der Waals surface area contributed by atoms with Crippen LogP contribution < -0.4 is 5.32 Å². The van der Waals surface area contributed by atoms with Crippen molar-refractivity contribution < 1.29 is 14.3 Å². The highest BCUT2D eigenvalue weighted by molar-refractivity contribution is 5.92. The SMILES string of the molecule is CCOC(=O)N1CCC(C(=O)Nc2ccc(C#N)cc2)CC1. The molecule has 0 unspecified atom stereocenters. The fourth-order valence-corrected chi connectivity index (χ4v) is 2.41. The lowest BCUT2D eigenvalue weighted by atomic mass is 9.96. The van der Waals surface area contributed by atoms with Crippen LogP contribution in [0.4, 0.5) is 10.5 Å². The van der Waals surface area contributed by atoms with Crippen molar-refractivity contribution in [1.29, 1.82) is 5.26 Å². The van der Waals surface area contributed by atoms with Gasteiger partial charge in [0, 0.05) is 24.7 Å². The Balaban J connectivity index is 1.84. The molecule has 1 aliphatic heterocycles. The Hall–Kier alpha value is -2.55. The van der Waals surface area contributed by atoms with Gasteiger partial charge in [-0.1, -0.05) is 0 Å². The quantitative estimate of drug-likeness (QED) is 0.929. The molecule has 0 aliphatic carbocycles. The Bertz CT molecular complexity index is 569. The number of rotatable bonds is 3. The monoisotopic (exact) mass is 301 g/mol. The standard InChI is InChI=1S/C16H19N3O3/c1-2-22-16(21)19-9-7-13(8-10-19)15(20)18-14-5-3-12(11-17)4-6-14/h3-6,13H,2,7-10H2,1H3,(H,18,20). The van der Waals surface area contributed by atoms with Gasteiger partial charge >= 0.3 is 6.09 Å². The molecule has 1 aromatic carbocycles. The van der Waals surface area contributed by atoms with Crippen LogP contribution in [0.2, 0.25) is 0 Å². The molecule has 0 saturated carbocycles. The number of hydrogen-bond acceptors (Lipinski definition) is 4. The van der Waals surface area contributed by atoms with Gasteiger partial charge in [0.2, 0.25) is 5.91 Å². The van der Waals surface area contributed by atoms with Crippen molar-refractivity contribution in [2.45, 2.75) is 19.8 Å². The summed E-state index contributed by atoms with van der Waals surface area (Å²) in [5, 5.41) is 11.6. The second kappa shape index (κ2) is 7.46. The maximum Gasteiger partial charge on any atom is 0.409 e. The molecule has 0 aromatic heterocycles. The number of benzene rings is 1. The topological polar surface area (TPSA) is 82.4 Å². The average molecular weight is 301 g/mol. The van der Waals surface area contributed by atoms with Crippen LogP contribution in [-0.4, -0.2) is 36.6 Å². The molecule has 1 aliphatic rings. The first-order chi connectivity index (χ1) is 10.6. The Kier molecular flexibility index (Phi) is 5.37. The molecule has 116 valence electrons. The van der Waals surface area contributed by atoms with E-state index in [1.54, 1.807) is 36.1 Å². The molecule has 1 fully saturated rings. The first-order valence-electron chi connectivity index (χ1n) is 7.36. The minimum atomic E-state index is -0.312. The number of anilines is 1. The van der Waals surface area contributed by atoms with Crippen molar-refractivity contribution in [3.05, 3.63) is 29.8 Å². The molecule has 0 bridgehead atoms. The second-order valence-electron chi connectivity index (χ2n) is 5.14. The Labute approximate surface area is 129 Å². The third-order valence-electron chi connectivity index (χ3n) is 3.67. The lowest BCUT2D eigenvalue weighted by Crippen LogP contribution is -2.41. The van der Waals surface area contributed by atoms with Crippen molar-refractivity contribution >= 4 is 17.7 Å². The summed E-state index contributed by atoms with van der Waals surface area (Å²) in [4.78, 5) is 25.5. The number of likely N-dealkylation sites (tertiary alicyclic amines) is 1. The summed E-state index contributed by atoms with van der Waals surface area (Å²) in [6.07, 6.45) is 0.940. The number of carbonyl (C=O) groups excluding carboxylic acids is 2. The van der Waals surface area contributed by atoms with Crippen LogP contribution in [0.5, 0.6) is 0 Å². The lowest BCUT2D eigenvalue weighted by molar-refractivity contribution is -0.121. The highest BCUT2D eigenvalue weighted by atomic mass is 16.6. The fourth-order valence-electron chi connectivity index (χ4n) is 2.41. The molecule has 0 spiro atoms. The zero-order valence-electron chi connectivity index (χ0n) is 12.5. The Morgan fingerprint density at radius 2 is 1.95 bits per heavy atom. The van der Waals surface area contributed by atoms with Crippen LogP contribution in [-0.2, 0) is 9.53 Å². The molecule has 2 amide bonds.